The first kappa shape index (κ1) is 62.0. The Morgan fingerprint density at radius 1 is 0.531 bits per heavy atom. The molecule has 5 aromatic rings. The quantitative estimate of drug-likeness (QED) is 0.0282. The molecule has 23 nitrogen and oxygen atoms in total. The second kappa shape index (κ2) is 30.4. The smallest absolute Gasteiger partial charge is 0.243 e. The van der Waals surface area contributed by atoms with Crippen LogP contribution in [0.2, 0.25) is 0 Å². The lowest BCUT2D eigenvalue weighted by Gasteiger charge is -2.28. The third-order valence-corrected chi connectivity index (χ3v) is 14.6. The monoisotopic (exact) mass is 1130 g/mol. The number of hydrogen-bond acceptors (Lipinski definition) is 12. The Labute approximate surface area is 473 Å². The summed E-state index contributed by atoms with van der Waals surface area (Å²) in [6, 6.07) is 13.5. The van der Waals surface area contributed by atoms with Gasteiger partial charge in [0.05, 0.1) is 6.04 Å². The number of aromatic nitrogens is 2. The van der Waals surface area contributed by atoms with E-state index in [0.29, 0.717) is 40.8 Å². The molecule has 0 bridgehead atoms. The maximum Gasteiger partial charge on any atom is 0.243 e. The van der Waals surface area contributed by atoms with Crippen molar-refractivity contribution in [1.29, 1.82) is 0 Å². The largest absolute Gasteiger partial charge is 0.370 e. The molecule has 1 saturated heterocycles. The Morgan fingerprint density at radius 3 is 1.43 bits per heavy atom. The Morgan fingerprint density at radius 2 is 0.963 bits per heavy atom. The molecule has 1 fully saturated rings. The summed E-state index contributed by atoms with van der Waals surface area (Å²) < 4.78 is 0. The SMILES string of the molecule is CSCC[C@H](NC(=O)[C@H](CC(C)C)NC(=O)[C@@H](Cc1c[nH]c2ccccc12)NC(=O)[C@H](Cc1ccccc1)NC(=O)[C@@H](Cc1c[nH]c2ccccc12)NC(=O)[C@H](CCC(N)=O)NC(=O)[C@H](CCC(N)=O)NC(=O)[C@H]1CCCN1)C(N)=O. The van der Waals surface area contributed by atoms with Gasteiger partial charge in [-0.2, -0.15) is 11.8 Å². The maximum absolute atomic E-state index is 15.1. The number of hydrogen-bond donors (Lipinski definition) is 13. The third-order valence-electron chi connectivity index (χ3n) is 14.0. The summed E-state index contributed by atoms with van der Waals surface area (Å²) in [6.45, 7) is 4.31. The zero-order chi connectivity index (χ0) is 58.6. The van der Waals surface area contributed by atoms with Crippen LogP contribution in [0.3, 0.4) is 0 Å². The molecule has 10 amide bonds. The van der Waals surface area contributed by atoms with Crippen molar-refractivity contribution < 1.29 is 47.9 Å². The van der Waals surface area contributed by atoms with Crippen molar-refractivity contribution in [3.63, 3.8) is 0 Å². The molecule has 3 heterocycles. The van der Waals surface area contributed by atoms with Crippen LogP contribution in [0.15, 0.2) is 91.3 Å². The Kier molecular flexibility index (Phi) is 23.2. The molecular formula is C57H75N13O10S. The van der Waals surface area contributed by atoms with E-state index in [-0.39, 0.29) is 63.7 Å². The number of thioether (sulfide) groups is 1. The molecule has 16 N–H and O–H groups in total. The predicted octanol–water partition coefficient (Wildman–Crippen LogP) is 0.638. The molecule has 1 aliphatic heterocycles. The topological polar surface area (TPSA) is 377 Å². The number of rotatable bonds is 32. The number of nitrogens with one attached hydrogen (secondary N) is 10. The second-order valence-electron chi connectivity index (χ2n) is 20.7. The summed E-state index contributed by atoms with van der Waals surface area (Å²) in [7, 11) is 0. The highest BCUT2D eigenvalue weighted by Crippen LogP contribution is 2.22. The molecule has 24 heteroatoms. The van der Waals surface area contributed by atoms with Gasteiger partial charge in [-0.15, -0.1) is 0 Å². The standard InChI is InChI=1S/C57H75N13O10S/c1-32(2)26-44(54(77)64-40(50(60)73)23-25-81-3)67-56(79)47(29-35-31-63-39-17-10-8-15-37(35)39)70-55(78)45(27-33-12-5-4-6-13-33)68-57(80)46(28-34-30-62-38-16-9-7-14-36(34)38)69-53(76)43(20-22-49(59)72)66-52(75)42(19-21-48(58)71)65-51(74)41-18-11-24-61-41/h4-10,12-17,30-32,40-47,61-63H,11,18-29H2,1-3H3,(H2,58,71)(H2,59,72)(H2,60,73)(H,64,77)(H,65,74)(H,66,75)(H,67,79)(H,68,80)(H,69,76)(H,70,78)/t40-,41+,42-,43-,44-,45-,46+,47+/m0/s1. The van der Waals surface area contributed by atoms with Gasteiger partial charge in [0, 0.05) is 66.3 Å². The highest BCUT2D eigenvalue weighted by Gasteiger charge is 2.36. The molecule has 6 rings (SSSR count). The number of primary amides is 3. The number of benzene rings is 3. The van der Waals surface area contributed by atoms with Crippen LogP contribution in [0.4, 0.5) is 0 Å². The summed E-state index contributed by atoms with van der Waals surface area (Å²) in [4.78, 5) is 144. The number of carbonyl (C=O) groups is 10. The first-order valence-electron chi connectivity index (χ1n) is 27.1. The number of aromatic amines is 2. The minimum absolute atomic E-state index is 0.0799. The minimum atomic E-state index is -1.52. The van der Waals surface area contributed by atoms with Gasteiger partial charge >= 0.3 is 0 Å². The average Bonchev–Trinajstić information content (AvgIpc) is 4.23. The molecule has 1 aliphatic rings. The summed E-state index contributed by atoms with van der Waals surface area (Å²) in [5.41, 5.74) is 20.0. The van der Waals surface area contributed by atoms with E-state index in [1.54, 1.807) is 48.8 Å². The van der Waals surface area contributed by atoms with Gasteiger partial charge in [-0.1, -0.05) is 80.6 Å². The molecule has 0 aliphatic carbocycles. The van der Waals surface area contributed by atoms with E-state index in [4.69, 9.17) is 17.2 Å². The van der Waals surface area contributed by atoms with Gasteiger partial charge in [-0.05, 0) is 91.8 Å². The van der Waals surface area contributed by atoms with Gasteiger partial charge < -0.3 is 69.7 Å². The van der Waals surface area contributed by atoms with Crippen LogP contribution in [0.25, 0.3) is 21.8 Å². The van der Waals surface area contributed by atoms with Crippen molar-refractivity contribution in [3.05, 3.63) is 108 Å². The van der Waals surface area contributed by atoms with Gasteiger partial charge in [-0.25, -0.2) is 0 Å². The van der Waals surface area contributed by atoms with Crippen LogP contribution >= 0.6 is 11.8 Å². The Hall–Kier alpha value is -8.25. The van der Waals surface area contributed by atoms with E-state index in [1.165, 1.54) is 11.8 Å². The molecule has 3 aromatic carbocycles. The molecule has 0 radical (unpaired) electrons. The number of carbonyl (C=O) groups excluding carboxylic acids is 10. The van der Waals surface area contributed by atoms with Crippen LogP contribution in [0, 0.1) is 5.92 Å². The summed E-state index contributed by atoms with van der Waals surface area (Å²) in [5, 5.41) is 23.8. The Balaban J connectivity index is 1.32. The van der Waals surface area contributed by atoms with Crippen molar-refractivity contribution in [1.82, 2.24) is 52.5 Å². The number of nitrogens with two attached hydrogens (primary N) is 3. The average molecular weight is 1130 g/mol. The fourth-order valence-corrected chi connectivity index (χ4v) is 10.1. The van der Waals surface area contributed by atoms with Gasteiger partial charge in [0.1, 0.15) is 42.3 Å². The minimum Gasteiger partial charge on any atom is -0.370 e. The molecule has 0 unspecified atom stereocenters. The van der Waals surface area contributed by atoms with E-state index in [0.717, 1.165) is 22.8 Å². The van der Waals surface area contributed by atoms with Gasteiger partial charge in [0.2, 0.25) is 59.1 Å². The highest BCUT2D eigenvalue weighted by atomic mass is 32.2. The van der Waals surface area contributed by atoms with Gasteiger partial charge in [0.15, 0.2) is 0 Å². The molecule has 0 spiro atoms. The van der Waals surface area contributed by atoms with E-state index in [1.807, 2.05) is 62.6 Å². The zero-order valence-corrected chi connectivity index (χ0v) is 46.6. The molecule has 81 heavy (non-hydrogen) atoms. The molecular weight excluding hydrogens is 1060 g/mol. The van der Waals surface area contributed by atoms with Gasteiger partial charge in [0.25, 0.3) is 0 Å². The van der Waals surface area contributed by atoms with Crippen molar-refractivity contribution in [2.45, 2.75) is 133 Å². The zero-order valence-electron chi connectivity index (χ0n) is 45.8. The van der Waals surface area contributed by atoms with Crippen molar-refractivity contribution in [2.75, 3.05) is 18.6 Å². The van der Waals surface area contributed by atoms with Crippen LogP contribution in [0.5, 0.6) is 0 Å². The molecule has 0 saturated carbocycles. The van der Waals surface area contributed by atoms with Crippen LogP contribution in [0.1, 0.15) is 81.9 Å². The predicted molar refractivity (Wildman–Crippen MR) is 307 cm³/mol. The lowest BCUT2D eigenvalue weighted by atomic mass is 9.99. The van der Waals surface area contributed by atoms with Crippen LogP contribution < -0.4 is 59.7 Å². The maximum atomic E-state index is 15.1. The number of H-pyrrole nitrogens is 2. The first-order valence-corrected chi connectivity index (χ1v) is 28.5. The fourth-order valence-electron chi connectivity index (χ4n) is 9.67. The molecule has 8 atom stereocenters. The highest BCUT2D eigenvalue weighted by molar-refractivity contribution is 7.98. The Bertz CT molecular complexity index is 3010. The number of amides is 10. The van der Waals surface area contributed by atoms with Crippen LogP contribution in [-0.2, 0) is 67.2 Å². The van der Waals surface area contributed by atoms with E-state index >= 15 is 9.59 Å². The lowest BCUT2D eigenvalue weighted by molar-refractivity contribution is -0.136. The fraction of sp³-hybridized carbons (Fsp3) is 0.439. The lowest BCUT2D eigenvalue weighted by Crippen LogP contribution is -2.61. The van der Waals surface area contributed by atoms with Gasteiger partial charge in [-0.3, -0.25) is 47.9 Å². The molecule has 2 aromatic heterocycles. The second-order valence-corrected chi connectivity index (χ2v) is 21.7. The van der Waals surface area contributed by atoms with Crippen molar-refractivity contribution in [2.24, 2.45) is 23.1 Å². The first-order chi connectivity index (χ1) is 38.8. The van der Waals surface area contributed by atoms with E-state index in [9.17, 15) is 38.4 Å². The normalized spacial score (nSPS) is 15.7. The summed E-state index contributed by atoms with van der Waals surface area (Å²) in [6.07, 6.45) is 5.30. The van der Waals surface area contributed by atoms with Crippen molar-refractivity contribution in [3.8, 4) is 0 Å². The van der Waals surface area contributed by atoms with Crippen molar-refractivity contribution >= 4 is 92.6 Å². The van der Waals surface area contributed by atoms with Crippen LogP contribution in [-0.4, -0.2) is 136 Å². The number of fused-ring (bicyclic) bond motifs is 2. The molecule has 434 valence electrons. The third kappa shape index (κ3) is 18.7. The van der Waals surface area contributed by atoms with E-state index in [2.05, 4.69) is 52.5 Å². The summed E-state index contributed by atoms with van der Waals surface area (Å²) >= 11 is 1.47. The summed E-state index contributed by atoms with van der Waals surface area (Å²) in [5.74, 6) is -7.18. The number of para-hydroxylation sites is 2. The van der Waals surface area contributed by atoms with E-state index < -0.39 is 107 Å².